The number of carbonyl (C=O) groups is 2. The smallest absolute Gasteiger partial charge is 0.255 e. The van der Waals surface area contributed by atoms with E-state index in [4.69, 9.17) is 0 Å². The highest BCUT2D eigenvalue weighted by Crippen LogP contribution is 2.09. The number of nitrogens with one attached hydrogen (secondary N) is 1. The second-order valence-corrected chi connectivity index (χ2v) is 6.30. The number of aromatic nitrogens is 1. The second kappa shape index (κ2) is 6.83. The van der Waals surface area contributed by atoms with E-state index in [1.54, 1.807) is 12.1 Å². The molecular weight excluding hydrogens is 322 g/mol. The Balaban J connectivity index is 2.73. The summed E-state index contributed by atoms with van der Waals surface area (Å²) in [6, 6.07) is 3.39. The zero-order valence-corrected chi connectivity index (χ0v) is 13.8. The van der Waals surface area contributed by atoms with Crippen LogP contribution in [-0.4, -0.2) is 40.3 Å². The fourth-order valence-electron chi connectivity index (χ4n) is 1.64. The molecule has 1 N–H and O–H groups in total. The van der Waals surface area contributed by atoms with Crippen molar-refractivity contribution in [3.63, 3.8) is 0 Å². The minimum atomic E-state index is -0.307. The van der Waals surface area contributed by atoms with Crippen molar-refractivity contribution in [1.82, 2.24) is 15.2 Å². The molecule has 0 saturated carbocycles. The maximum Gasteiger partial charge on any atom is 0.255 e. The number of pyridine rings is 1. The van der Waals surface area contributed by atoms with Crippen LogP contribution in [0.2, 0.25) is 0 Å². The summed E-state index contributed by atoms with van der Waals surface area (Å²) in [6.07, 6.45) is 1.50. The van der Waals surface area contributed by atoms with Crippen LogP contribution in [0.4, 0.5) is 0 Å². The van der Waals surface area contributed by atoms with Gasteiger partial charge in [0.2, 0.25) is 5.91 Å². The van der Waals surface area contributed by atoms with Crippen LogP contribution in [0, 0.1) is 0 Å². The molecule has 0 unspecified atom stereocenters. The highest BCUT2D eigenvalue weighted by Gasteiger charge is 2.20. The number of amides is 2. The number of rotatable bonds is 4. The summed E-state index contributed by atoms with van der Waals surface area (Å²) < 4.78 is 0.669. The number of hydrogen-bond acceptors (Lipinski definition) is 3. The monoisotopic (exact) mass is 341 g/mol. The molecule has 110 valence electrons. The first kappa shape index (κ1) is 16.6. The molecule has 0 aromatic carbocycles. The van der Waals surface area contributed by atoms with Gasteiger partial charge >= 0.3 is 0 Å². The van der Waals surface area contributed by atoms with Gasteiger partial charge in [-0.15, -0.1) is 0 Å². The summed E-state index contributed by atoms with van der Waals surface area (Å²) in [4.78, 5) is 29.7. The molecule has 1 aromatic heterocycles. The fraction of sp³-hybridized carbons (Fsp3) is 0.500. The normalized spacial score (nSPS) is 11.1. The number of likely N-dealkylation sites (N-methyl/N-ethyl adjacent to an activating group) is 1. The first-order valence-electron chi connectivity index (χ1n) is 6.45. The van der Waals surface area contributed by atoms with Gasteiger partial charge in [-0.2, -0.15) is 0 Å². The number of nitrogens with zero attached hydrogens (tertiary/aromatic N) is 2. The SMILES string of the molecule is CCN(CC(=O)NC(C)(C)C)C(=O)c1ccc(Br)nc1. The fourth-order valence-corrected chi connectivity index (χ4v) is 1.88. The van der Waals surface area contributed by atoms with Gasteiger partial charge < -0.3 is 10.2 Å². The number of hydrogen-bond donors (Lipinski definition) is 1. The van der Waals surface area contributed by atoms with Gasteiger partial charge in [-0.1, -0.05) is 0 Å². The van der Waals surface area contributed by atoms with Crippen LogP contribution in [0.1, 0.15) is 38.1 Å². The summed E-state index contributed by atoms with van der Waals surface area (Å²) >= 11 is 3.22. The maximum absolute atomic E-state index is 12.3. The Morgan fingerprint density at radius 3 is 2.45 bits per heavy atom. The molecule has 1 rings (SSSR count). The Morgan fingerprint density at radius 2 is 2.00 bits per heavy atom. The lowest BCUT2D eigenvalue weighted by Gasteiger charge is -2.25. The Labute approximate surface area is 127 Å². The van der Waals surface area contributed by atoms with Crippen molar-refractivity contribution in [2.45, 2.75) is 33.2 Å². The molecule has 0 aliphatic heterocycles. The molecule has 2 amide bonds. The lowest BCUT2D eigenvalue weighted by atomic mass is 10.1. The third kappa shape index (κ3) is 5.28. The molecule has 0 saturated heterocycles. The van der Waals surface area contributed by atoms with Crippen LogP contribution >= 0.6 is 15.9 Å². The Morgan fingerprint density at radius 1 is 1.35 bits per heavy atom. The van der Waals surface area contributed by atoms with Crippen molar-refractivity contribution in [1.29, 1.82) is 0 Å². The first-order chi connectivity index (χ1) is 9.23. The lowest BCUT2D eigenvalue weighted by Crippen LogP contribution is -2.47. The first-order valence-corrected chi connectivity index (χ1v) is 7.24. The molecular formula is C14H20BrN3O2. The minimum Gasteiger partial charge on any atom is -0.350 e. The van der Waals surface area contributed by atoms with Crippen LogP contribution in [0.5, 0.6) is 0 Å². The topological polar surface area (TPSA) is 62.3 Å². The lowest BCUT2D eigenvalue weighted by molar-refractivity contribution is -0.123. The third-order valence-corrected chi connectivity index (χ3v) is 2.96. The zero-order valence-electron chi connectivity index (χ0n) is 12.2. The summed E-state index contributed by atoms with van der Waals surface area (Å²) in [7, 11) is 0. The Kier molecular flexibility index (Phi) is 5.68. The second-order valence-electron chi connectivity index (χ2n) is 5.49. The van der Waals surface area contributed by atoms with E-state index in [-0.39, 0.29) is 23.9 Å². The Bertz CT molecular complexity index is 480. The van der Waals surface area contributed by atoms with Gasteiger partial charge in [0.1, 0.15) is 4.60 Å². The molecule has 5 nitrogen and oxygen atoms in total. The number of carbonyl (C=O) groups excluding carboxylic acids is 2. The Hall–Kier alpha value is -1.43. The molecule has 0 fully saturated rings. The van der Waals surface area contributed by atoms with E-state index in [0.29, 0.717) is 16.7 Å². The average molecular weight is 342 g/mol. The van der Waals surface area contributed by atoms with Crippen molar-refractivity contribution < 1.29 is 9.59 Å². The molecule has 0 aliphatic rings. The summed E-state index contributed by atoms with van der Waals surface area (Å²) in [5.74, 6) is -0.366. The molecule has 1 aromatic rings. The van der Waals surface area contributed by atoms with Crippen LogP contribution in [-0.2, 0) is 4.79 Å². The van der Waals surface area contributed by atoms with Crippen LogP contribution in [0.3, 0.4) is 0 Å². The van der Waals surface area contributed by atoms with Gasteiger partial charge in [0.25, 0.3) is 5.91 Å². The minimum absolute atomic E-state index is 0.0443. The van der Waals surface area contributed by atoms with Gasteiger partial charge in [0.05, 0.1) is 12.1 Å². The highest BCUT2D eigenvalue weighted by molar-refractivity contribution is 9.10. The van der Waals surface area contributed by atoms with E-state index in [2.05, 4.69) is 26.2 Å². The van der Waals surface area contributed by atoms with E-state index in [0.717, 1.165) is 0 Å². The van der Waals surface area contributed by atoms with Crippen molar-refractivity contribution >= 4 is 27.7 Å². The average Bonchev–Trinajstić information content (AvgIpc) is 2.34. The van der Waals surface area contributed by atoms with Crippen molar-refractivity contribution in [3.05, 3.63) is 28.5 Å². The molecule has 0 aliphatic carbocycles. The summed E-state index contributed by atoms with van der Waals surface area (Å²) in [5, 5.41) is 2.84. The van der Waals surface area contributed by atoms with Crippen molar-refractivity contribution in [2.75, 3.05) is 13.1 Å². The van der Waals surface area contributed by atoms with E-state index in [9.17, 15) is 9.59 Å². The van der Waals surface area contributed by atoms with Gasteiger partial charge in [-0.05, 0) is 55.8 Å². The quantitative estimate of drug-likeness (QED) is 0.854. The highest BCUT2D eigenvalue weighted by atomic mass is 79.9. The third-order valence-electron chi connectivity index (χ3n) is 2.49. The van der Waals surface area contributed by atoms with Crippen LogP contribution < -0.4 is 5.32 Å². The van der Waals surface area contributed by atoms with Gasteiger partial charge in [-0.25, -0.2) is 4.98 Å². The molecule has 1 heterocycles. The van der Waals surface area contributed by atoms with Gasteiger partial charge in [0.15, 0.2) is 0 Å². The largest absolute Gasteiger partial charge is 0.350 e. The van der Waals surface area contributed by atoms with Gasteiger partial charge in [-0.3, -0.25) is 9.59 Å². The summed E-state index contributed by atoms with van der Waals surface area (Å²) in [5.41, 5.74) is 0.164. The van der Waals surface area contributed by atoms with Crippen molar-refractivity contribution in [3.8, 4) is 0 Å². The molecule has 0 atom stereocenters. The van der Waals surface area contributed by atoms with E-state index in [1.807, 2.05) is 27.7 Å². The molecule has 6 heteroatoms. The van der Waals surface area contributed by atoms with Gasteiger partial charge in [0, 0.05) is 18.3 Å². The van der Waals surface area contributed by atoms with E-state index >= 15 is 0 Å². The van der Waals surface area contributed by atoms with Crippen LogP contribution in [0.25, 0.3) is 0 Å². The molecule has 0 radical (unpaired) electrons. The maximum atomic E-state index is 12.3. The molecule has 0 bridgehead atoms. The number of halogens is 1. The summed E-state index contributed by atoms with van der Waals surface area (Å²) in [6.45, 7) is 8.06. The van der Waals surface area contributed by atoms with Crippen molar-refractivity contribution in [2.24, 2.45) is 0 Å². The molecule has 20 heavy (non-hydrogen) atoms. The molecule has 0 spiro atoms. The zero-order chi connectivity index (χ0) is 15.3. The predicted octanol–water partition coefficient (Wildman–Crippen LogP) is 2.22. The predicted molar refractivity (Wildman–Crippen MR) is 81.4 cm³/mol. The van der Waals surface area contributed by atoms with E-state index in [1.165, 1.54) is 11.1 Å². The van der Waals surface area contributed by atoms with Crippen LogP contribution in [0.15, 0.2) is 22.9 Å². The van der Waals surface area contributed by atoms with E-state index < -0.39 is 0 Å². The standard InChI is InChI=1S/C14H20BrN3O2/c1-5-18(9-12(19)17-14(2,3)4)13(20)10-6-7-11(15)16-8-10/h6-8H,5,9H2,1-4H3,(H,17,19).